The lowest BCUT2D eigenvalue weighted by atomic mass is 10.3. The van der Waals surface area contributed by atoms with Crippen LogP contribution in [0.2, 0.25) is 0 Å². The van der Waals surface area contributed by atoms with E-state index < -0.39 is 5.76 Å². The summed E-state index contributed by atoms with van der Waals surface area (Å²) in [6, 6.07) is 6.54. The molecule has 0 radical (unpaired) electrons. The molecule has 126 valence electrons. The predicted molar refractivity (Wildman–Crippen MR) is 84.7 cm³/mol. The van der Waals surface area contributed by atoms with Gasteiger partial charge in [-0.3, -0.25) is 9.59 Å². The maximum Gasteiger partial charge on any atom is 0.288 e. The van der Waals surface area contributed by atoms with Crippen LogP contribution in [0.15, 0.2) is 29.2 Å². The van der Waals surface area contributed by atoms with Crippen LogP contribution >= 0.6 is 11.8 Å². The lowest BCUT2D eigenvalue weighted by Crippen LogP contribution is -3.11. The SMILES string of the molecule is C[NH+](CC(=O)Nc1ccc(SC(F)F)cc1)CC(=O)NC1CC1. The number of quaternary nitrogens is 1. The van der Waals surface area contributed by atoms with Gasteiger partial charge in [-0.15, -0.1) is 0 Å². The summed E-state index contributed by atoms with van der Waals surface area (Å²) in [6.07, 6.45) is 2.07. The molecule has 3 N–H and O–H groups in total. The van der Waals surface area contributed by atoms with E-state index in [-0.39, 0.29) is 24.9 Å². The van der Waals surface area contributed by atoms with Crippen LogP contribution < -0.4 is 15.5 Å². The summed E-state index contributed by atoms with van der Waals surface area (Å²) >= 11 is 0.459. The van der Waals surface area contributed by atoms with Gasteiger partial charge in [0, 0.05) is 16.6 Å². The molecule has 2 amide bonds. The summed E-state index contributed by atoms with van der Waals surface area (Å²) in [5.74, 6) is -2.74. The summed E-state index contributed by atoms with van der Waals surface area (Å²) in [5.41, 5.74) is 0.545. The fourth-order valence-electron chi connectivity index (χ4n) is 2.04. The van der Waals surface area contributed by atoms with Gasteiger partial charge in [0.25, 0.3) is 17.6 Å². The first-order chi connectivity index (χ1) is 10.9. The molecule has 0 saturated heterocycles. The van der Waals surface area contributed by atoms with Gasteiger partial charge in [0.05, 0.1) is 7.05 Å². The average molecular weight is 344 g/mol. The Bertz CT molecular complexity index is 550. The van der Waals surface area contributed by atoms with Crippen molar-refractivity contribution in [3.8, 4) is 0 Å². The van der Waals surface area contributed by atoms with Crippen LogP contribution in [0.25, 0.3) is 0 Å². The van der Waals surface area contributed by atoms with Crippen LogP contribution in [0.4, 0.5) is 14.5 Å². The third-order valence-electron chi connectivity index (χ3n) is 3.23. The van der Waals surface area contributed by atoms with E-state index in [0.717, 1.165) is 17.7 Å². The highest BCUT2D eigenvalue weighted by Crippen LogP contribution is 2.26. The Balaban J connectivity index is 1.73. The third-order valence-corrected chi connectivity index (χ3v) is 3.95. The second kappa shape index (κ2) is 8.26. The normalized spacial score (nSPS) is 15.3. The minimum absolute atomic E-state index is 0.0498. The van der Waals surface area contributed by atoms with Crippen LogP contribution in [0.1, 0.15) is 12.8 Å². The number of alkyl halides is 2. The van der Waals surface area contributed by atoms with Gasteiger partial charge >= 0.3 is 0 Å². The molecule has 1 aliphatic carbocycles. The van der Waals surface area contributed by atoms with E-state index in [0.29, 0.717) is 28.4 Å². The van der Waals surface area contributed by atoms with E-state index in [4.69, 9.17) is 0 Å². The van der Waals surface area contributed by atoms with Crippen LogP contribution in [0.3, 0.4) is 0 Å². The van der Waals surface area contributed by atoms with Crippen molar-refractivity contribution in [1.29, 1.82) is 0 Å². The first-order valence-electron chi connectivity index (χ1n) is 7.38. The molecule has 23 heavy (non-hydrogen) atoms. The van der Waals surface area contributed by atoms with E-state index in [1.165, 1.54) is 12.1 Å². The van der Waals surface area contributed by atoms with Crippen molar-refractivity contribution in [2.24, 2.45) is 0 Å². The number of carbonyl (C=O) groups is 2. The van der Waals surface area contributed by atoms with E-state index in [9.17, 15) is 18.4 Å². The summed E-state index contributed by atoms with van der Waals surface area (Å²) < 4.78 is 24.4. The van der Waals surface area contributed by atoms with E-state index in [2.05, 4.69) is 10.6 Å². The smallest absolute Gasteiger partial charge is 0.288 e. The predicted octanol–water partition coefficient (Wildman–Crippen LogP) is 0.733. The van der Waals surface area contributed by atoms with Gasteiger partial charge in [0.15, 0.2) is 13.1 Å². The molecule has 1 saturated carbocycles. The zero-order chi connectivity index (χ0) is 16.8. The summed E-state index contributed by atoms with van der Waals surface area (Å²) in [6.45, 7) is 0.402. The molecule has 8 heteroatoms. The molecule has 2 rings (SSSR count). The largest absolute Gasteiger partial charge is 0.348 e. The first-order valence-corrected chi connectivity index (χ1v) is 8.25. The number of amides is 2. The number of likely N-dealkylation sites (N-methyl/N-ethyl adjacent to an activating group) is 1. The van der Waals surface area contributed by atoms with Crippen molar-refractivity contribution < 1.29 is 23.3 Å². The Morgan fingerprint density at radius 3 is 2.39 bits per heavy atom. The van der Waals surface area contributed by atoms with Gasteiger partial charge in [0.2, 0.25) is 0 Å². The molecule has 0 aliphatic heterocycles. The molecule has 1 fully saturated rings. The lowest BCUT2D eigenvalue weighted by molar-refractivity contribution is -0.862. The van der Waals surface area contributed by atoms with Crippen molar-refractivity contribution in [3.05, 3.63) is 24.3 Å². The molecule has 0 aromatic heterocycles. The quantitative estimate of drug-likeness (QED) is 0.610. The summed E-state index contributed by atoms with van der Waals surface area (Å²) in [4.78, 5) is 24.8. The molecule has 0 heterocycles. The molecular formula is C15H20F2N3O2S+. The van der Waals surface area contributed by atoms with Gasteiger partial charge in [-0.2, -0.15) is 8.78 Å². The number of halogens is 2. The van der Waals surface area contributed by atoms with Gasteiger partial charge < -0.3 is 15.5 Å². The molecular weight excluding hydrogens is 324 g/mol. The highest BCUT2D eigenvalue weighted by molar-refractivity contribution is 7.99. The van der Waals surface area contributed by atoms with Crippen molar-refractivity contribution >= 4 is 29.3 Å². The van der Waals surface area contributed by atoms with Gasteiger partial charge in [-0.25, -0.2) is 0 Å². The molecule has 0 bridgehead atoms. The van der Waals surface area contributed by atoms with Gasteiger partial charge in [-0.05, 0) is 37.1 Å². The Morgan fingerprint density at radius 1 is 1.22 bits per heavy atom. The Hall–Kier alpha value is -1.67. The number of anilines is 1. The van der Waals surface area contributed by atoms with Crippen molar-refractivity contribution in [2.45, 2.75) is 29.5 Å². The molecule has 1 aliphatic rings. The van der Waals surface area contributed by atoms with Crippen LogP contribution in [-0.2, 0) is 9.59 Å². The maximum atomic E-state index is 12.2. The summed E-state index contributed by atoms with van der Waals surface area (Å²) in [5, 5.41) is 5.57. The maximum absolute atomic E-state index is 12.2. The van der Waals surface area contributed by atoms with E-state index in [1.54, 1.807) is 19.2 Å². The van der Waals surface area contributed by atoms with Crippen LogP contribution in [0, 0.1) is 0 Å². The van der Waals surface area contributed by atoms with Crippen molar-refractivity contribution in [2.75, 3.05) is 25.5 Å². The minimum Gasteiger partial charge on any atom is -0.348 e. The molecule has 0 spiro atoms. The first kappa shape index (κ1) is 17.7. The second-order valence-electron chi connectivity index (χ2n) is 5.60. The van der Waals surface area contributed by atoms with E-state index >= 15 is 0 Å². The number of hydrogen-bond donors (Lipinski definition) is 3. The second-order valence-corrected chi connectivity index (χ2v) is 6.67. The molecule has 1 unspecified atom stereocenters. The molecule has 5 nitrogen and oxygen atoms in total. The fraction of sp³-hybridized carbons (Fsp3) is 0.467. The van der Waals surface area contributed by atoms with Gasteiger partial charge in [0.1, 0.15) is 0 Å². The standard InChI is InChI=1S/C15H19F2N3O2S/c1-20(8-13(21)18-10-2-3-10)9-14(22)19-11-4-6-12(7-5-11)23-15(16)17/h4-7,10,15H,2-3,8-9H2,1H3,(H,18,21)(H,19,22)/p+1. The number of nitrogens with one attached hydrogen (secondary N) is 3. The monoisotopic (exact) mass is 344 g/mol. The number of benzene rings is 1. The van der Waals surface area contributed by atoms with Crippen LogP contribution in [0.5, 0.6) is 0 Å². The van der Waals surface area contributed by atoms with E-state index in [1.807, 2.05) is 0 Å². The Morgan fingerprint density at radius 2 is 1.83 bits per heavy atom. The zero-order valence-electron chi connectivity index (χ0n) is 12.8. The van der Waals surface area contributed by atoms with Crippen LogP contribution in [-0.4, -0.2) is 43.8 Å². The molecule has 1 atom stereocenters. The lowest BCUT2D eigenvalue weighted by Gasteiger charge is -2.13. The van der Waals surface area contributed by atoms with Crippen molar-refractivity contribution in [3.63, 3.8) is 0 Å². The minimum atomic E-state index is -2.46. The zero-order valence-corrected chi connectivity index (χ0v) is 13.6. The van der Waals surface area contributed by atoms with Crippen molar-refractivity contribution in [1.82, 2.24) is 5.32 Å². The average Bonchev–Trinajstić information content (AvgIpc) is 3.23. The highest BCUT2D eigenvalue weighted by Gasteiger charge is 2.24. The fourth-order valence-corrected chi connectivity index (χ4v) is 2.54. The topological polar surface area (TPSA) is 62.6 Å². The Labute approximate surface area is 137 Å². The highest BCUT2D eigenvalue weighted by atomic mass is 32.2. The number of hydrogen-bond acceptors (Lipinski definition) is 3. The Kier molecular flexibility index (Phi) is 6.35. The number of rotatable bonds is 8. The third kappa shape index (κ3) is 6.96. The molecule has 1 aromatic carbocycles. The number of carbonyl (C=O) groups excluding carboxylic acids is 2. The molecule has 1 aromatic rings. The summed E-state index contributed by atoms with van der Waals surface area (Å²) in [7, 11) is 1.77. The number of thioether (sulfide) groups is 1. The van der Waals surface area contributed by atoms with Gasteiger partial charge in [-0.1, -0.05) is 11.8 Å².